The zero-order valence-electron chi connectivity index (χ0n) is 20.6. The van der Waals surface area contributed by atoms with E-state index < -0.39 is 16.4 Å². The third-order valence-electron chi connectivity index (χ3n) is 7.55. The predicted octanol–water partition coefficient (Wildman–Crippen LogP) is 1.90. The van der Waals surface area contributed by atoms with E-state index >= 15 is 0 Å². The summed E-state index contributed by atoms with van der Waals surface area (Å²) in [5.74, 6) is 1.78. The second kappa shape index (κ2) is 9.14. The summed E-state index contributed by atoms with van der Waals surface area (Å²) in [7, 11) is -3.26. The third-order valence-corrected chi connectivity index (χ3v) is 8.25. The maximum absolute atomic E-state index is 13.4. The van der Waals surface area contributed by atoms with E-state index in [-0.39, 0.29) is 11.6 Å². The minimum absolute atomic E-state index is 0.164. The largest absolute Gasteiger partial charge is 0.356 e. The Morgan fingerprint density at radius 3 is 2.62 bits per heavy atom. The van der Waals surface area contributed by atoms with Crippen LogP contribution in [0, 0.1) is 11.3 Å². The number of pyridine rings is 1. The normalized spacial score (nSPS) is 21.5. The Bertz CT molecular complexity index is 1420. The maximum atomic E-state index is 13.4. The topological polar surface area (TPSA) is 108 Å². The first-order chi connectivity index (χ1) is 17.7. The van der Waals surface area contributed by atoms with E-state index in [0.29, 0.717) is 29.8 Å². The molecule has 1 atom stereocenters. The van der Waals surface area contributed by atoms with Crippen LogP contribution >= 0.6 is 0 Å². The Labute approximate surface area is 214 Å². The molecule has 0 radical (unpaired) electrons. The number of anilines is 2. The zero-order valence-corrected chi connectivity index (χ0v) is 21.4. The number of nitrogens with one attached hydrogen (secondary N) is 2. The SMILES string of the molecule is CS(=O)(=O)NCC1CCCN(c2cc(-c3cnc4ccc(C(F)F)nn34)cc(N3CC4(CNC4)C3)n2)C1. The highest BCUT2D eigenvalue weighted by molar-refractivity contribution is 7.88. The van der Waals surface area contributed by atoms with Gasteiger partial charge in [0.05, 0.1) is 18.1 Å². The number of hydrogen-bond donors (Lipinski definition) is 2. The molecule has 3 fully saturated rings. The lowest BCUT2D eigenvalue weighted by Crippen LogP contribution is -2.71. The molecule has 37 heavy (non-hydrogen) atoms. The van der Waals surface area contributed by atoms with E-state index in [1.54, 1.807) is 12.3 Å². The van der Waals surface area contributed by atoms with Gasteiger partial charge in [0.25, 0.3) is 6.43 Å². The molecule has 1 spiro atoms. The third kappa shape index (κ3) is 4.87. The molecule has 3 aromatic heterocycles. The van der Waals surface area contributed by atoms with Gasteiger partial charge in [-0.15, -0.1) is 0 Å². The lowest BCUT2D eigenvalue weighted by atomic mass is 9.74. The highest BCUT2D eigenvalue weighted by Crippen LogP contribution is 2.39. The molecule has 3 aromatic rings. The van der Waals surface area contributed by atoms with Crippen LogP contribution in [-0.2, 0) is 10.0 Å². The van der Waals surface area contributed by atoms with Crippen molar-refractivity contribution in [2.24, 2.45) is 11.3 Å². The van der Waals surface area contributed by atoms with Gasteiger partial charge in [-0.05, 0) is 43.0 Å². The number of nitrogens with zero attached hydrogens (tertiary/aromatic N) is 6. The van der Waals surface area contributed by atoms with Gasteiger partial charge in [0, 0.05) is 56.8 Å². The summed E-state index contributed by atoms with van der Waals surface area (Å²) in [4.78, 5) is 13.8. The summed E-state index contributed by atoms with van der Waals surface area (Å²) in [5, 5.41) is 7.50. The van der Waals surface area contributed by atoms with Crippen LogP contribution in [0.4, 0.5) is 20.4 Å². The molecule has 0 aromatic carbocycles. The fraction of sp³-hybridized carbons (Fsp3) is 0.542. The lowest BCUT2D eigenvalue weighted by Gasteiger charge is -2.56. The van der Waals surface area contributed by atoms with Crippen molar-refractivity contribution in [2.45, 2.75) is 19.3 Å². The highest BCUT2D eigenvalue weighted by atomic mass is 32.2. The number of aromatic nitrogens is 4. The number of fused-ring (bicyclic) bond motifs is 1. The number of piperidine rings is 1. The molecule has 0 saturated carbocycles. The van der Waals surface area contributed by atoms with Crippen molar-refractivity contribution < 1.29 is 17.2 Å². The van der Waals surface area contributed by atoms with Gasteiger partial charge in [-0.3, -0.25) is 0 Å². The lowest BCUT2D eigenvalue weighted by molar-refractivity contribution is 0.120. The van der Waals surface area contributed by atoms with Gasteiger partial charge in [0.15, 0.2) is 5.65 Å². The summed E-state index contributed by atoms with van der Waals surface area (Å²) >= 11 is 0. The number of alkyl halides is 2. The Kier molecular flexibility index (Phi) is 6.03. The quantitative estimate of drug-likeness (QED) is 0.475. The predicted molar refractivity (Wildman–Crippen MR) is 136 cm³/mol. The van der Waals surface area contributed by atoms with Crippen LogP contribution in [-0.4, -0.2) is 80.1 Å². The molecule has 0 bridgehead atoms. The van der Waals surface area contributed by atoms with Gasteiger partial charge in [0.2, 0.25) is 10.0 Å². The van der Waals surface area contributed by atoms with Crippen LogP contribution in [0.1, 0.15) is 25.0 Å². The van der Waals surface area contributed by atoms with Gasteiger partial charge >= 0.3 is 0 Å². The molecule has 3 aliphatic heterocycles. The molecule has 0 aliphatic carbocycles. The first kappa shape index (κ1) is 24.4. The highest BCUT2D eigenvalue weighted by Gasteiger charge is 2.48. The Balaban J connectivity index is 1.35. The van der Waals surface area contributed by atoms with Crippen molar-refractivity contribution in [2.75, 3.05) is 61.9 Å². The molecule has 10 nitrogen and oxygen atoms in total. The van der Waals surface area contributed by atoms with E-state index in [9.17, 15) is 17.2 Å². The van der Waals surface area contributed by atoms with Gasteiger partial charge in [-0.2, -0.15) is 5.10 Å². The van der Waals surface area contributed by atoms with Crippen molar-refractivity contribution in [3.63, 3.8) is 0 Å². The summed E-state index contributed by atoms with van der Waals surface area (Å²) < 4.78 is 54.1. The van der Waals surface area contributed by atoms with Gasteiger partial charge in [0.1, 0.15) is 17.3 Å². The number of sulfonamides is 1. The smallest absolute Gasteiger partial charge is 0.282 e. The summed E-state index contributed by atoms with van der Waals surface area (Å²) in [6, 6.07) is 6.78. The summed E-state index contributed by atoms with van der Waals surface area (Å²) in [6.07, 6.45) is 2.00. The molecule has 6 heterocycles. The van der Waals surface area contributed by atoms with Crippen LogP contribution in [0.5, 0.6) is 0 Å². The first-order valence-corrected chi connectivity index (χ1v) is 14.4. The fourth-order valence-electron chi connectivity index (χ4n) is 5.51. The van der Waals surface area contributed by atoms with Crippen molar-refractivity contribution in [3.8, 4) is 11.3 Å². The Hall–Kier alpha value is -2.90. The molecule has 3 aliphatic rings. The first-order valence-electron chi connectivity index (χ1n) is 12.5. The molecule has 2 N–H and O–H groups in total. The molecule has 6 rings (SSSR count). The van der Waals surface area contributed by atoms with Crippen LogP contribution in [0.15, 0.2) is 30.5 Å². The summed E-state index contributed by atoms with van der Waals surface area (Å²) in [5.41, 5.74) is 1.92. The molecule has 3 saturated heterocycles. The van der Waals surface area contributed by atoms with Crippen LogP contribution < -0.4 is 19.8 Å². The second-order valence-electron chi connectivity index (χ2n) is 10.6. The molecule has 0 amide bonds. The van der Waals surface area contributed by atoms with Crippen LogP contribution in [0.3, 0.4) is 0 Å². The maximum Gasteiger partial charge on any atom is 0.282 e. The van der Waals surface area contributed by atoms with Crippen molar-refractivity contribution in [1.29, 1.82) is 0 Å². The molecular formula is C24H30F2N8O2S. The van der Waals surface area contributed by atoms with E-state index in [0.717, 1.165) is 62.8 Å². The molecule has 1 unspecified atom stereocenters. The van der Waals surface area contributed by atoms with E-state index in [1.807, 2.05) is 12.1 Å². The molecule has 198 valence electrons. The van der Waals surface area contributed by atoms with Crippen LogP contribution in [0.2, 0.25) is 0 Å². The fourth-order valence-corrected chi connectivity index (χ4v) is 6.05. The number of hydrogen-bond acceptors (Lipinski definition) is 8. The minimum Gasteiger partial charge on any atom is -0.356 e. The minimum atomic E-state index is -3.26. The number of halogens is 2. The van der Waals surface area contributed by atoms with E-state index in [1.165, 1.54) is 16.8 Å². The Morgan fingerprint density at radius 1 is 1.19 bits per heavy atom. The van der Waals surface area contributed by atoms with E-state index in [4.69, 9.17) is 4.98 Å². The van der Waals surface area contributed by atoms with Gasteiger partial charge in [-0.25, -0.2) is 36.4 Å². The average Bonchev–Trinajstić information content (AvgIpc) is 3.24. The molecular weight excluding hydrogens is 502 g/mol. The standard InChI is InChI=1S/C24H30F2N8O2S/c1-37(35,36)29-9-16-3-2-6-32(11-16)21-7-17(8-22(30-21)33-14-24(15-33)12-27-13-24)19-10-28-20-5-4-18(23(25)26)31-34(19)20/h4-5,7-8,10,16,23,27,29H,2-3,6,9,11-15H2,1H3. The molecule has 13 heteroatoms. The number of rotatable bonds is 7. The number of imidazole rings is 1. The zero-order chi connectivity index (χ0) is 25.8. The van der Waals surface area contributed by atoms with Crippen LogP contribution in [0.25, 0.3) is 16.9 Å². The monoisotopic (exact) mass is 532 g/mol. The Morgan fingerprint density at radius 2 is 1.95 bits per heavy atom. The summed E-state index contributed by atoms with van der Waals surface area (Å²) in [6.45, 7) is 5.70. The second-order valence-corrected chi connectivity index (χ2v) is 12.4. The van der Waals surface area contributed by atoms with E-state index in [2.05, 4.69) is 29.9 Å². The van der Waals surface area contributed by atoms with Crippen molar-refractivity contribution in [3.05, 3.63) is 36.2 Å². The van der Waals surface area contributed by atoms with Gasteiger partial charge < -0.3 is 15.1 Å². The van der Waals surface area contributed by atoms with Gasteiger partial charge in [-0.1, -0.05) is 0 Å². The van der Waals surface area contributed by atoms with Crippen molar-refractivity contribution in [1.82, 2.24) is 29.6 Å². The van der Waals surface area contributed by atoms with Crippen molar-refractivity contribution >= 4 is 27.3 Å². The average molecular weight is 533 g/mol.